The van der Waals surface area contributed by atoms with Gasteiger partial charge in [-0.1, -0.05) is 48.5 Å². The Kier molecular flexibility index (Phi) is 4.17. The van der Waals surface area contributed by atoms with Gasteiger partial charge in [-0.05, 0) is 17.2 Å². The number of benzene rings is 3. The number of anilines is 1. The van der Waals surface area contributed by atoms with E-state index in [4.69, 9.17) is 4.74 Å². The smallest absolute Gasteiger partial charge is 0.285 e. The summed E-state index contributed by atoms with van der Waals surface area (Å²) in [6.07, 6.45) is 0. The number of nitro benzene ring substituents is 1. The van der Waals surface area contributed by atoms with Crippen LogP contribution < -0.4 is 9.64 Å². The summed E-state index contributed by atoms with van der Waals surface area (Å²) in [5.41, 5.74) is -0.0626. The van der Waals surface area contributed by atoms with Crippen LogP contribution in [-0.4, -0.2) is 28.8 Å². The summed E-state index contributed by atoms with van der Waals surface area (Å²) >= 11 is 0. The first kappa shape index (κ1) is 21.0. The second-order valence-corrected chi connectivity index (χ2v) is 8.80. The number of amides is 2. The number of nitrogens with zero attached hydrogens (tertiary/aromatic N) is 3. The fourth-order valence-electron chi connectivity index (χ4n) is 6.24. The third-order valence-electron chi connectivity index (χ3n) is 7.48. The van der Waals surface area contributed by atoms with Crippen molar-refractivity contribution in [3.63, 3.8) is 0 Å². The summed E-state index contributed by atoms with van der Waals surface area (Å²) in [5.74, 6) is -4.18. The number of carbonyl (C=O) groups is 2. The van der Waals surface area contributed by atoms with Gasteiger partial charge in [-0.25, -0.2) is 4.90 Å². The van der Waals surface area contributed by atoms with Gasteiger partial charge in [0.2, 0.25) is 11.8 Å². The lowest BCUT2D eigenvalue weighted by Gasteiger charge is -2.48. The van der Waals surface area contributed by atoms with Crippen molar-refractivity contribution >= 4 is 23.2 Å². The minimum absolute atomic E-state index is 0.0218. The molecule has 10 nitrogen and oxygen atoms in total. The Bertz CT molecular complexity index is 1440. The second-order valence-electron chi connectivity index (χ2n) is 8.80. The molecule has 174 valence electrons. The Labute approximate surface area is 198 Å². The fraction of sp³-hybridized carbons (Fsp3) is 0.200. The molecule has 4 aliphatic rings. The van der Waals surface area contributed by atoms with Gasteiger partial charge in [-0.15, -0.1) is 0 Å². The average molecular weight is 471 g/mol. The van der Waals surface area contributed by atoms with Crippen molar-refractivity contribution in [2.75, 3.05) is 12.0 Å². The summed E-state index contributed by atoms with van der Waals surface area (Å²) in [6, 6.07) is 17.4. The molecule has 3 aromatic rings. The molecule has 1 aliphatic heterocycles. The van der Waals surface area contributed by atoms with Gasteiger partial charge >= 0.3 is 0 Å². The number of hydrogen-bond donors (Lipinski definition) is 0. The Morgan fingerprint density at radius 2 is 1.49 bits per heavy atom. The molecule has 10 heteroatoms. The quantitative estimate of drug-likeness (QED) is 0.324. The number of non-ortho nitro benzene ring substituents is 1. The van der Waals surface area contributed by atoms with Gasteiger partial charge in [0.1, 0.15) is 11.7 Å². The van der Waals surface area contributed by atoms with E-state index < -0.39 is 45.0 Å². The Hall–Kier alpha value is -4.60. The maximum atomic E-state index is 14.0. The predicted molar refractivity (Wildman–Crippen MR) is 122 cm³/mol. The monoisotopic (exact) mass is 471 g/mol. The SMILES string of the molecule is COc1cc([N+](=O)[O-])ccc1N1C(=O)[C@@H]2[C@@H](C1=O)C1c3ccccc3C2([N+](=O)[O-])c2ccccc21. The molecular weight excluding hydrogens is 454 g/mol. The molecule has 1 saturated heterocycles. The van der Waals surface area contributed by atoms with E-state index in [-0.39, 0.29) is 17.1 Å². The van der Waals surface area contributed by atoms with E-state index in [1.54, 1.807) is 48.5 Å². The number of ether oxygens (including phenoxy) is 1. The van der Waals surface area contributed by atoms with Crippen LogP contribution in [0.15, 0.2) is 66.7 Å². The number of nitro groups is 2. The third-order valence-corrected chi connectivity index (χ3v) is 7.48. The number of rotatable bonds is 4. The van der Waals surface area contributed by atoms with Crippen LogP contribution in [-0.2, 0) is 15.1 Å². The molecule has 2 amide bonds. The van der Waals surface area contributed by atoms with Gasteiger partial charge in [0.25, 0.3) is 11.2 Å². The van der Waals surface area contributed by atoms with Crippen molar-refractivity contribution < 1.29 is 24.2 Å². The zero-order chi connectivity index (χ0) is 24.6. The average Bonchev–Trinajstić information content (AvgIpc) is 3.13. The molecule has 7 rings (SSSR count). The maximum Gasteiger partial charge on any atom is 0.285 e. The fourth-order valence-corrected chi connectivity index (χ4v) is 6.24. The van der Waals surface area contributed by atoms with Crippen LogP contribution in [0.2, 0.25) is 0 Å². The number of carbonyl (C=O) groups excluding carboxylic acids is 2. The molecule has 0 unspecified atom stereocenters. The van der Waals surface area contributed by atoms with Crippen molar-refractivity contribution in [1.29, 1.82) is 0 Å². The maximum absolute atomic E-state index is 14.0. The number of imide groups is 1. The first-order valence-electron chi connectivity index (χ1n) is 10.9. The lowest BCUT2D eigenvalue weighted by atomic mass is 9.51. The second kappa shape index (κ2) is 6.95. The highest BCUT2D eigenvalue weighted by molar-refractivity contribution is 6.24. The Morgan fingerprint density at radius 3 is 2.03 bits per heavy atom. The van der Waals surface area contributed by atoms with Crippen LogP contribution in [0.4, 0.5) is 11.4 Å². The van der Waals surface area contributed by atoms with Crippen LogP contribution in [0.5, 0.6) is 5.75 Å². The lowest BCUT2D eigenvalue weighted by molar-refractivity contribution is -0.578. The van der Waals surface area contributed by atoms with Crippen molar-refractivity contribution in [3.8, 4) is 5.75 Å². The van der Waals surface area contributed by atoms with Gasteiger partial charge in [-0.3, -0.25) is 29.8 Å². The highest BCUT2D eigenvalue weighted by Gasteiger charge is 2.75. The molecule has 0 N–H and O–H groups in total. The van der Waals surface area contributed by atoms with Crippen molar-refractivity contribution in [3.05, 3.63) is 109 Å². The lowest BCUT2D eigenvalue weighted by Crippen LogP contribution is -2.57. The van der Waals surface area contributed by atoms with Crippen LogP contribution >= 0.6 is 0 Å². The third kappa shape index (κ3) is 2.38. The van der Waals surface area contributed by atoms with Gasteiger partial charge < -0.3 is 4.74 Å². The molecule has 2 atom stereocenters. The summed E-state index contributed by atoms with van der Waals surface area (Å²) < 4.78 is 5.28. The summed E-state index contributed by atoms with van der Waals surface area (Å²) in [6.45, 7) is 0. The zero-order valence-electron chi connectivity index (χ0n) is 18.3. The van der Waals surface area contributed by atoms with Crippen LogP contribution in [0, 0.1) is 32.1 Å². The van der Waals surface area contributed by atoms with E-state index >= 15 is 0 Å². The number of methoxy groups -OCH3 is 1. The first-order chi connectivity index (χ1) is 16.8. The van der Waals surface area contributed by atoms with Crippen LogP contribution in [0.25, 0.3) is 0 Å². The first-order valence-corrected chi connectivity index (χ1v) is 10.9. The summed E-state index contributed by atoms with van der Waals surface area (Å²) in [7, 11) is 1.27. The molecule has 2 bridgehead atoms. The van der Waals surface area contributed by atoms with E-state index in [0.29, 0.717) is 22.3 Å². The van der Waals surface area contributed by atoms with E-state index in [0.717, 1.165) is 11.0 Å². The van der Waals surface area contributed by atoms with Crippen molar-refractivity contribution in [1.82, 2.24) is 0 Å². The van der Waals surface area contributed by atoms with Gasteiger partial charge in [0.05, 0.1) is 29.7 Å². The summed E-state index contributed by atoms with van der Waals surface area (Å²) in [4.78, 5) is 51.9. The molecule has 0 radical (unpaired) electrons. The number of hydrogen-bond acceptors (Lipinski definition) is 7. The molecule has 1 fully saturated rings. The Morgan fingerprint density at radius 1 is 0.886 bits per heavy atom. The highest BCUT2D eigenvalue weighted by atomic mass is 16.6. The van der Waals surface area contributed by atoms with Crippen molar-refractivity contribution in [2.24, 2.45) is 11.8 Å². The van der Waals surface area contributed by atoms with Gasteiger partial charge in [0.15, 0.2) is 0 Å². The molecule has 0 saturated carbocycles. The topological polar surface area (TPSA) is 133 Å². The normalized spacial score (nSPS) is 25.6. The van der Waals surface area contributed by atoms with Crippen molar-refractivity contribution in [2.45, 2.75) is 11.5 Å². The van der Waals surface area contributed by atoms with E-state index in [2.05, 4.69) is 0 Å². The zero-order valence-corrected chi connectivity index (χ0v) is 18.3. The molecule has 3 aliphatic carbocycles. The molecule has 1 heterocycles. The van der Waals surface area contributed by atoms with Crippen LogP contribution in [0.1, 0.15) is 28.2 Å². The predicted octanol–water partition coefficient (Wildman–Crippen LogP) is 3.39. The molecule has 3 aromatic carbocycles. The molecule has 0 spiro atoms. The van der Waals surface area contributed by atoms with E-state index in [9.17, 15) is 29.8 Å². The van der Waals surface area contributed by atoms with E-state index in [1.807, 2.05) is 0 Å². The Balaban J connectivity index is 1.62. The minimum atomic E-state index is -1.94. The summed E-state index contributed by atoms with van der Waals surface area (Å²) in [5, 5.41) is 24.2. The van der Waals surface area contributed by atoms with Crippen LogP contribution in [0.3, 0.4) is 0 Å². The minimum Gasteiger partial charge on any atom is -0.494 e. The molecule has 0 aromatic heterocycles. The molecular formula is C25H17N3O7. The van der Waals surface area contributed by atoms with Gasteiger partial charge in [0, 0.05) is 28.0 Å². The molecule has 35 heavy (non-hydrogen) atoms. The standard InChI is InChI=1S/C25H17N3O7/c1-35-19-12-13(27(31)32)10-11-18(19)26-23(29)21-20-14-6-2-4-8-16(14)25(28(33)34,22(21)24(26)30)17-9-5-3-7-15(17)20/h2-12,20-22H,1H3/t20?,21-,22-,25?/m0/s1. The van der Waals surface area contributed by atoms with E-state index in [1.165, 1.54) is 19.2 Å². The highest BCUT2D eigenvalue weighted by Crippen LogP contribution is 2.64. The largest absolute Gasteiger partial charge is 0.494 e. The van der Waals surface area contributed by atoms with Gasteiger partial charge in [-0.2, -0.15) is 0 Å².